The number of aromatic nitrogens is 2. The first-order valence-electron chi connectivity index (χ1n) is 4.92. The lowest BCUT2D eigenvalue weighted by atomic mass is 10.2. The van der Waals surface area contributed by atoms with Crippen molar-refractivity contribution in [3.8, 4) is 6.07 Å². The summed E-state index contributed by atoms with van der Waals surface area (Å²) in [5.41, 5.74) is 0.928. The maximum atomic E-state index is 11.7. The Bertz CT molecular complexity index is 590. The van der Waals surface area contributed by atoms with Gasteiger partial charge in [0.25, 0.3) is 5.91 Å². The van der Waals surface area contributed by atoms with Gasteiger partial charge in [-0.05, 0) is 19.1 Å². The molecule has 17 heavy (non-hydrogen) atoms. The monoisotopic (exact) mass is 230 g/mol. The van der Waals surface area contributed by atoms with Gasteiger partial charge in [-0.1, -0.05) is 0 Å². The van der Waals surface area contributed by atoms with E-state index in [0.717, 1.165) is 0 Å². The van der Waals surface area contributed by atoms with Crippen LogP contribution in [0.5, 0.6) is 0 Å². The number of nitriles is 1. The summed E-state index contributed by atoms with van der Waals surface area (Å²) in [4.78, 5) is 11.7. The fourth-order valence-electron chi connectivity index (χ4n) is 1.51. The van der Waals surface area contributed by atoms with Crippen molar-refractivity contribution in [1.29, 1.82) is 5.26 Å². The minimum absolute atomic E-state index is 0.188. The number of amides is 1. The first kappa shape index (κ1) is 11.0. The van der Waals surface area contributed by atoms with E-state index in [1.54, 1.807) is 26.1 Å². The zero-order valence-corrected chi connectivity index (χ0v) is 9.39. The second-order valence-corrected chi connectivity index (χ2v) is 3.48. The molecule has 6 heteroatoms. The molecule has 86 valence electrons. The van der Waals surface area contributed by atoms with E-state index >= 15 is 0 Å². The molecule has 2 heterocycles. The quantitative estimate of drug-likeness (QED) is 0.846. The highest BCUT2D eigenvalue weighted by molar-refractivity contribution is 6.02. The Morgan fingerprint density at radius 3 is 3.00 bits per heavy atom. The Labute approximate surface area is 97.5 Å². The molecular formula is C11H10N4O2. The summed E-state index contributed by atoms with van der Waals surface area (Å²) in [5, 5.41) is 15.6. The van der Waals surface area contributed by atoms with Gasteiger partial charge in [0.2, 0.25) is 0 Å². The predicted octanol–water partition coefficient (Wildman–Crippen LogP) is 1.45. The molecule has 2 aromatic rings. The van der Waals surface area contributed by atoms with Crippen LogP contribution in [0.2, 0.25) is 0 Å². The summed E-state index contributed by atoms with van der Waals surface area (Å²) in [6.45, 7) is 1.71. The lowest BCUT2D eigenvalue weighted by Gasteiger charge is -2.03. The molecule has 0 radical (unpaired) electrons. The Morgan fingerprint density at radius 2 is 2.41 bits per heavy atom. The van der Waals surface area contributed by atoms with Crippen LogP contribution in [0.25, 0.3) is 0 Å². The van der Waals surface area contributed by atoms with Gasteiger partial charge >= 0.3 is 0 Å². The highest BCUT2D eigenvalue weighted by Gasteiger charge is 2.17. The van der Waals surface area contributed by atoms with Gasteiger partial charge in [0.15, 0.2) is 5.76 Å². The lowest BCUT2D eigenvalue weighted by molar-refractivity contribution is 0.0995. The maximum Gasteiger partial charge on any atom is 0.292 e. The van der Waals surface area contributed by atoms with Crippen LogP contribution in [0.4, 0.5) is 5.82 Å². The molecule has 6 nitrogen and oxygen atoms in total. The van der Waals surface area contributed by atoms with Gasteiger partial charge in [0.1, 0.15) is 17.5 Å². The minimum atomic E-state index is -0.408. The van der Waals surface area contributed by atoms with Crippen LogP contribution in [0.15, 0.2) is 22.8 Å². The maximum absolute atomic E-state index is 11.7. The fraction of sp³-hybridized carbons (Fsp3) is 0.182. The van der Waals surface area contributed by atoms with Crippen molar-refractivity contribution in [3.63, 3.8) is 0 Å². The van der Waals surface area contributed by atoms with Crippen molar-refractivity contribution in [2.75, 3.05) is 5.32 Å². The summed E-state index contributed by atoms with van der Waals surface area (Å²) in [5.74, 6) is 0.147. The van der Waals surface area contributed by atoms with Crippen molar-refractivity contribution < 1.29 is 9.21 Å². The smallest absolute Gasteiger partial charge is 0.292 e. The zero-order chi connectivity index (χ0) is 12.4. The third-order valence-electron chi connectivity index (χ3n) is 2.31. The topological polar surface area (TPSA) is 83.8 Å². The molecule has 1 N–H and O–H groups in total. The Balaban J connectivity index is 2.31. The molecule has 0 aromatic carbocycles. The Morgan fingerprint density at radius 1 is 1.65 bits per heavy atom. The molecule has 0 fully saturated rings. The second-order valence-electron chi connectivity index (χ2n) is 3.48. The van der Waals surface area contributed by atoms with Crippen molar-refractivity contribution in [3.05, 3.63) is 35.4 Å². The van der Waals surface area contributed by atoms with Crippen molar-refractivity contribution >= 4 is 11.7 Å². The summed E-state index contributed by atoms with van der Waals surface area (Å²) in [7, 11) is 1.66. The number of hydrogen-bond acceptors (Lipinski definition) is 4. The summed E-state index contributed by atoms with van der Waals surface area (Å²) >= 11 is 0. The predicted molar refractivity (Wildman–Crippen MR) is 59.3 cm³/mol. The van der Waals surface area contributed by atoms with Gasteiger partial charge in [-0.25, -0.2) is 0 Å². The normalized spacial score (nSPS) is 9.94. The van der Waals surface area contributed by atoms with E-state index in [0.29, 0.717) is 17.1 Å². The highest BCUT2D eigenvalue weighted by atomic mass is 16.3. The third kappa shape index (κ3) is 1.90. The SMILES string of the molecule is Cc1nn(C)c(NC(=O)c2ccco2)c1C#N. The van der Waals surface area contributed by atoms with E-state index in [2.05, 4.69) is 10.4 Å². The number of nitrogens with one attached hydrogen (secondary N) is 1. The summed E-state index contributed by atoms with van der Waals surface area (Å²) < 4.78 is 6.42. The van der Waals surface area contributed by atoms with E-state index in [-0.39, 0.29) is 5.76 Å². The van der Waals surface area contributed by atoms with Crippen molar-refractivity contribution in [2.24, 2.45) is 7.05 Å². The standard InChI is InChI=1S/C11H10N4O2/c1-7-8(6-12)10(15(2)14-7)13-11(16)9-4-3-5-17-9/h3-5H,1-2H3,(H,13,16). The molecule has 0 aliphatic rings. The van der Waals surface area contributed by atoms with Crippen molar-refractivity contribution in [2.45, 2.75) is 6.92 Å². The number of rotatable bonds is 2. The molecule has 0 aliphatic heterocycles. The number of carbonyl (C=O) groups excluding carboxylic acids is 1. The van der Waals surface area contributed by atoms with E-state index < -0.39 is 5.91 Å². The first-order valence-corrected chi connectivity index (χ1v) is 4.92. The molecule has 0 aliphatic carbocycles. The number of hydrogen-bond donors (Lipinski definition) is 1. The Hall–Kier alpha value is -2.55. The number of furan rings is 1. The summed E-state index contributed by atoms with van der Waals surface area (Å²) in [6, 6.07) is 5.17. The number of nitrogens with zero attached hydrogens (tertiary/aromatic N) is 3. The van der Waals surface area contributed by atoms with E-state index in [4.69, 9.17) is 9.68 Å². The van der Waals surface area contributed by atoms with E-state index in [9.17, 15) is 4.79 Å². The van der Waals surface area contributed by atoms with Gasteiger partial charge in [-0.15, -0.1) is 0 Å². The molecule has 2 aromatic heterocycles. The van der Waals surface area contributed by atoms with Crippen LogP contribution < -0.4 is 5.32 Å². The minimum Gasteiger partial charge on any atom is -0.459 e. The second kappa shape index (κ2) is 4.14. The van der Waals surface area contributed by atoms with Gasteiger partial charge in [-0.3, -0.25) is 9.48 Å². The van der Waals surface area contributed by atoms with E-state index in [1.807, 2.05) is 6.07 Å². The van der Waals surface area contributed by atoms with Crippen LogP contribution in [0, 0.1) is 18.3 Å². The molecule has 1 amide bonds. The molecular weight excluding hydrogens is 220 g/mol. The van der Waals surface area contributed by atoms with Crippen LogP contribution in [-0.4, -0.2) is 15.7 Å². The zero-order valence-electron chi connectivity index (χ0n) is 9.39. The average molecular weight is 230 g/mol. The van der Waals surface area contributed by atoms with E-state index in [1.165, 1.54) is 10.9 Å². The third-order valence-corrected chi connectivity index (χ3v) is 2.31. The number of aryl methyl sites for hydroxylation is 2. The molecule has 0 spiro atoms. The molecule has 2 rings (SSSR count). The fourth-order valence-corrected chi connectivity index (χ4v) is 1.51. The van der Waals surface area contributed by atoms with Crippen LogP contribution in [0.1, 0.15) is 21.8 Å². The van der Waals surface area contributed by atoms with Crippen molar-refractivity contribution in [1.82, 2.24) is 9.78 Å². The first-order chi connectivity index (χ1) is 8.13. The van der Waals surface area contributed by atoms with Gasteiger partial charge in [0.05, 0.1) is 12.0 Å². The largest absolute Gasteiger partial charge is 0.459 e. The number of carbonyl (C=O) groups is 1. The van der Waals surface area contributed by atoms with Crippen LogP contribution in [0.3, 0.4) is 0 Å². The molecule has 0 atom stereocenters. The van der Waals surface area contributed by atoms with Crippen LogP contribution in [-0.2, 0) is 7.05 Å². The number of anilines is 1. The summed E-state index contributed by atoms with van der Waals surface area (Å²) in [6.07, 6.45) is 1.41. The van der Waals surface area contributed by atoms with Crippen LogP contribution >= 0.6 is 0 Å². The molecule has 0 unspecified atom stereocenters. The Kier molecular flexibility index (Phi) is 2.66. The average Bonchev–Trinajstić information content (AvgIpc) is 2.88. The van der Waals surface area contributed by atoms with Gasteiger partial charge < -0.3 is 9.73 Å². The molecule has 0 saturated heterocycles. The molecule has 0 saturated carbocycles. The van der Waals surface area contributed by atoms with Gasteiger partial charge in [0, 0.05) is 7.05 Å². The van der Waals surface area contributed by atoms with Gasteiger partial charge in [-0.2, -0.15) is 10.4 Å². The molecule has 0 bridgehead atoms. The lowest BCUT2D eigenvalue weighted by Crippen LogP contribution is -2.14. The highest BCUT2D eigenvalue weighted by Crippen LogP contribution is 2.18.